The number of carbonyl (C=O) groups excluding carboxylic acids is 1. The largest absolute Gasteiger partial charge is 0.478 e. The number of amides is 1. The number of rotatable bonds is 7. The summed E-state index contributed by atoms with van der Waals surface area (Å²) in [6.07, 6.45) is 0.408. The number of aromatic carboxylic acids is 1. The molecule has 1 amide bonds. The molecule has 0 radical (unpaired) electrons. The first-order valence-corrected chi connectivity index (χ1v) is 7.73. The summed E-state index contributed by atoms with van der Waals surface area (Å²) in [5, 5.41) is 20.2. The van der Waals surface area contributed by atoms with E-state index in [0.717, 1.165) is 6.07 Å². The zero-order valence-corrected chi connectivity index (χ0v) is 13.2. The van der Waals surface area contributed by atoms with Crippen LogP contribution in [0, 0.1) is 17.1 Å². The molecule has 0 heterocycles. The van der Waals surface area contributed by atoms with Gasteiger partial charge in [-0.1, -0.05) is 6.07 Å². The minimum atomic E-state index is -1.36. The average molecular weight is 324 g/mol. The van der Waals surface area contributed by atoms with Crippen molar-refractivity contribution in [3.8, 4) is 6.07 Å². The number of carbonyl (C=O) groups is 2. The van der Waals surface area contributed by atoms with Crippen LogP contribution in [-0.4, -0.2) is 34.0 Å². The van der Waals surface area contributed by atoms with Gasteiger partial charge in [0.2, 0.25) is 0 Å². The number of hydrogen-bond acceptors (Lipinski definition) is 4. The van der Waals surface area contributed by atoms with E-state index in [9.17, 15) is 14.0 Å². The Labute approximate surface area is 132 Å². The van der Waals surface area contributed by atoms with Gasteiger partial charge in [-0.05, 0) is 26.0 Å². The molecule has 2 N–H and O–H groups in total. The molecule has 22 heavy (non-hydrogen) atoms. The molecule has 0 aromatic heterocycles. The van der Waals surface area contributed by atoms with Crippen molar-refractivity contribution in [2.75, 3.05) is 11.5 Å². The molecular formula is C15H17FN2O3S. The molecule has 118 valence electrons. The maximum Gasteiger partial charge on any atom is 0.336 e. The van der Waals surface area contributed by atoms with Gasteiger partial charge in [0.1, 0.15) is 5.82 Å². The lowest BCUT2D eigenvalue weighted by Gasteiger charge is -2.26. The number of benzene rings is 1. The molecule has 5 nitrogen and oxygen atoms in total. The van der Waals surface area contributed by atoms with Gasteiger partial charge in [0, 0.05) is 23.5 Å². The molecule has 0 unspecified atom stereocenters. The number of carboxylic acids is 1. The Hall–Kier alpha value is -2.07. The van der Waals surface area contributed by atoms with Gasteiger partial charge in [0.25, 0.3) is 5.91 Å². The minimum Gasteiger partial charge on any atom is -0.478 e. The molecule has 0 aliphatic heterocycles. The van der Waals surface area contributed by atoms with E-state index in [1.165, 1.54) is 23.9 Å². The summed E-state index contributed by atoms with van der Waals surface area (Å²) in [4.78, 5) is 23.3. The zero-order chi connectivity index (χ0) is 16.8. The van der Waals surface area contributed by atoms with Crippen LogP contribution in [0.25, 0.3) is 0 Å². The quantitative estimate of drug-likeness (QED) is 0.753. The predicted molar refractivity (Wildman–Crippen MR) is 82.5 cm³/mol. The van der Waals surface area contributed by atoms with E-state index in [1.54, 1.807) is 13.8 Å². The molecule has 0 saturated heterocycles. The predicted octanol–water partition coefficient (Wildman–Crippen LogP) is 2.68. The molecular weight excluding hydrogens is 307 g/mol. The van der Waals surface area contributed by atoms with Crippen LogP contribution in [0.4, 0.5) is 4.39 Å². The van der Waals surface area contributed by atoms with Crippen molar-refractivity contribution in [2.45, 2.75) is 25.8 Å². The van der Waals surface area contributed by atoms with Gasteiger partial charge >= 0.3 is 5.97 Å². The highest BCUT2D eigenvalue weighted by molar-refractivity contribution is 7.99. The van der Waals surface area contributed by atoms with Crippen molar-refractivity contribution < 1.29 is 19.1 Å². The molecule has 0 aliphatic carbocycles. The Morgan fingerprint density at radius 2 is 2.14 bits per heavy atom. The first kappa shape index (κ1) is 18.0. The Morgan fingerprint density at radius 1 is 1.45 bits per heavy atom. The van der Waals surface area contributed by atoms with Crippen LogP contribution in [0.5, 0.6) is 0 Å². The van der Waals surface area contributed by atoms with Crippen molar-refractivity contribution in [3.63, 3.8) is 0 Å². The second-order valence-corrected chi connectivity index (χ2v) is 6.37. The number of nitriles is 1. The van der Waals surface area contributed by atoms with Crippen molar-refractivity contribution >= 4 is 23.6 Å². The van der Waals surface area contributed by atoms with Gasteiger partial charge < -0.3 is 10.4 Å². The Morgan fingerprint density at radius 3 is 2.73 bits per heavy atom. The summed E-state index contributed by atoms with van der Waals surface area (Å²) in [7, 11) is 0. The van der Waals surface area contributed by atoms with Crippen LogP contribution in [0.2, 0.25) is 0 Å². The van der Waals surface area contributed by atoms with Gasteiger partial charge in [-0.25, -0.2) is 9.18 Å². The number of nitrogens with one attached hydrogen (secondary N) is 1. The molecule has 0 aliphatic rings. The normalized spacial score (nSPS) is 10.8. The van der Waals surface area contributed by atoms with Gasteiger partial charge in [-0.2, -0.15) is 17.0 Å². The van der Waals surface area contributed by atoms with Crippen LogP contribution in [0.3, 0.4) is 0 Å². The maximum absolute atomic E-state index is 13.8. The summed E-state index contributed by atoms with van der Waals surface area (Å²) >= 11 is 1.49. The van der Waals surface area contributed by atoms with Gasteiger partial charge in [-0.15, -0.1) is 0 Å². The van der Waals surface area contributed by atoms with Crippen LogP contribution in [-0.2, 0) is 0 Å². The summed E-state index contributed by atoms with van der Waals surface area (Å²) in [6.45, 7) is 3.51. The fourth-order valence-electron chi connectivity index (χ4n) is 1.78. The van der Waals surface area contributed by atoms with E-state index in [1.807, 2.05) is 6.07 Å². The molecule has 0 fully saturated rings. The molecule has 0 spiro atoms. The third-order valence-electron chi connectivity index (χ3n) is 2.74. The fourth-order valence-corrected chi connectivity index (χ4v) is 2.75. The lowest BCUT2D eigenvalue weighted by molar-refractivity contribution is 0.0688. The summed E-state index contributed by atoms with van der Waals surface area (Å²) in [5.74, 6) is -1.83. The average Bonchev–Trinajstić information content (AvgIpc) is 2.42. The summed E-state index contributed by atoms with van der Waals surface area (Å²) in [5.41, 5.74) is -1.49. The van der Waals surface area contributed by atoms with Crippen molar-refractivity contribution in [1.82, 2.24) is 5.32 Å². The van der Waals surface area contributed by atoms with E-state index in [4.69, 9.17) is 10.4 Å². The fraction of sp³-hybridized carbons (Fsp3) is 0.400. The molecule has 1 aromatic rings. The highest BCUT2D eigenvalue weighted by Gasteiger charge is 2.26. The van der Waals surface area contributed by atoms with Crippen molar-refractivity contribution in [1.29, 1.82) is 5.26 Å². The number of nitrogens with zero attached hydrogens (tertiary/aromatic N) is 1. The van der Waals surface area contributed by atoms with E-state index < -0.39 is 28.8 Å². The molecule has 0 saturated carbocycles. The molecule has 0 bridgehead atoms. The third kappa shape index (κ3) is 5.04. The number of thioether (sulfide) groups is 1. The third-order valence-corrected chi connectivity index (χ3v) is 4.16. The summed E-state index contributed by atoms with van der Waals surface area (Å²) in [6, 6.07) is 5.51. The molecule has 1 rings (SSSR count). The molecule has 7 heteroatoms. The van der Waals surface area contributed by atoms with Crippen LogP contribution < -0.4 is 5.32 Å². The topological polar surface area (TPSA) is 90.2 Å². The monoisotopic (exact) mass is 324 g/mol. The van der Waals surface area contributed by atoms with E-state index >= 15 is 0 Å². The van der Waals surface area contributed by atoms with E-state index in [2.05, 4.69) is 5.32 Å². The van der Waals surface area contributed by atoms with Gasteiger partial charge in [0.05, 0.1) is 17.2 Å². The SMILES string of the molecule is CC(C)(CSCCC#N)NC(=O)c1c(F)cccc1C(=O)O. The minimum absolute atomic E-state index is 0.370. The van der Waals surface area contributed by atoms with Crippen LogP contribution in [0.1, 0.15) is 41.0 Å². The maximum atomic E-state index is 13.8. The Balaban J connectivity index is 2.85. The van der Waals surface area contributed by atoms with Gasteiger partial charge in [0.15, 0.2) is 0 Å². The second kappa shape index (κ2) is 7.80. The summed E-state index contributed by atoms with van der Waals surface area (Å²) < 4.78 is 13.8. The standard InChI is InChI=1S/C15H17FN2O3S/c1-15(2,9-22-8-4-7-17)18-13(19)12-10(14(20)21)5-3-6-11(12)16/h3,5-6H,4,8-9H2,1-2H3,(H,18,19)(H,20,21). The highest BCUT2D eigenvalue weighted by Crippen LogP contribution is 2.18. The Kier molecular flexibility index (Phi) is 6.38. The molecule has 1 aromatic carbocycles. The van der Waals surface area contributed by atoms with Crippen LogP contribution >= 0.6 is 11.8 Å². The highest BCUT2D eigenvalue weighted by atomic mass is 32.2. The number of hydrogen-bond donors (Lipinski definition) is 2. The lowest BCUT2D eigenvalue weighted by atomic mass is 10.0. The number of halogens is 1. The Bertz CT molecular complexity index is 611. The first-order chi connectivity index (χ1) is 10.3. The second-order valence-electron chi connectivity index (χ2n) is 5.27. The van der Waals surface area contributed by atoms with Gasteiger partial charge in [-0.3, -0.25) is 4.79 Å². The lowest BCUT2D eigenvalue weighted by Crippen LogP contribution is -2.46. The smallest absolute Gasteiger partial charge is 0.336 e. The van der Waals surface area contributed by atoms with Crippen molar-refractivity contribution in [3.05, 3.63) is 35.1 Å². The van der Waals surface area contributed by atoms with E-state index in [-0.39, 0.29) is 5.56 Å². The number of carboxylic acid groups (broad SMARTS) is 1. The van der Waals surface area contributed by atoms with Crippen molar-refractivity contribution in [2.24, 2.45) is 0 Å². The first-order valence-electron chi connectivity index (χ1n) is 6.57. The van der Waals surface area contributed by atoms with Crippen LogP contribution in [0.15, 0.2) is 18.2 Å². The van der Waals surface area contributed by atoms with E-state index in [0.29, 0.717) is 17.9 Å². The zero-order valence-electron chi connectivity index (χ0n) is 12.4. The molecule has 0 atom stereocenters.